The summed E-state index contributed by atoms with van der Waals surface area (Å²) in [6.45, 7) is -0.557. The third-order valence-electron chi connectivity index (χ3n) is 4.11. The summed E-state index contributed by atoms with van der Waals surface area (Å²) < 4.78 is 45.0. The van der Waals surface area contributed by atoms with Gasteiger partial charge in [0.15, 0.2) is 0 Å². The van der Waals surface area contributed by atoms with Crippen molar-refractivity contribution in [1.29, 1.82) is 0 Å². The van der Waals surface area contributed by atoms with Gasteiger partial charge < -0.3 is 0 Å². The molecule has 2 atom stereocenters. The van der Waals surface area contributed by atoms with Crippen LogP contribution in [0.2, 0.25) is 0 Å². The molecule has 0 saturated heterocycles. The van der Waals surface area contributed by atoms with Gasteiger partial charge in [0.25, 0.3) is 0 Å². The van der Waals surface area contributed by atoms with Gasteiger partial charge in [-0.1, -0.05) is 30.3 Å². The van der Waals surface area contributed by atoms with Crippen molar-refractivity contribution >= 4 is 32.9 Å². The fourth-order valence-corrected chi connectivity index (χ4v) is 5.96. The summed E-state index contributed by atoms with van der Waals surface area (Å²) in [6, 6.07) is 14.8. The molecule has 1 saturated carbocycles. The summed E-state index contributed by atoms with van der Waals surface area (Å²) in [5.74, 6) is 0.237. The second-order valence-corrected chi connectivity index (χ2v) is 9.83. The van der Waals surface area contributed by atoms with Gasteiger partial charge in [0.05, 0.1) is 15.4 Å². The average molecular weight is 395 g/mol. The SMILES string of the molecule is O=S(=O)(N[C@H]1C[C@@H]1c1ccccc1)c1ccc(-c2cc(CF)sn2)s1. The van der Waals surface area contributed by atoms with E-state index in [1.807, 2.05) is 30.3 Å². The van der Waals surface area contributed by atoms with Gasteiger partial charge in [-0.2, -0.15) is 4.37 Å². The first-order chi connectivity index (χ1) is 12.1. The molecule has 0 radical (unpaired) electrons. The van der Waals surface area contributed by atoms with Crippen LogP contribution in [0.5, 0.6) is 0 Å². The Bertz CT molecular complexity index is 982. The van der Waals surface area contributed by atoms with Gasteiger partial charge in [-0.05, 0) is 41.7 Å². The van der Waals surface area contributed by atoms with Crippen LogP contribution in [-0.2, 0) is 16.7 Å². The Hall–Kier alpha value is -1.61. The second-order valence-electron chi connectivity index (χ2n) is 5.91. The lowest BCUT2D eigenvalue weighted by atomic mass is 10.1. The fraction of sp³-hybridized carbons (Fsp3) is 0.235. The minimum Gasteiger partial charge on any atom is -0.245 e. The van der Waals surface area contributed by atoms with Crippen molar-refractivity contribution in [3.05, 3.63) is 59.0 Å². The van der Waals surface area contributed by atoms with Gasteiger partial charge in [-0.3, -0.25) is 0 Å². The summed E-state index contributed by atoms with van der Waals surface area (Å²) in [4.78, 5) is 1.27. The maximum Gasteiger partial charge on any atom is 0.250 e. The molecule has 0 spiro atoms. The quantitative estimate of drug-likeness (QED) is 0.682. The predicted molar refractivity (Wildman–Crippen MR) is 98.1 cm³/mol. The standard InChI is InChI=1S/C17H15FN2O2S3/c18-10-12-8-15(19-24-12)16-6-7-17(23-16)25(21,22)20-14-9-13(14)11-4-2-1-3-5-11/h1-8,13-14,20H,9-10H2/t13-,14+/m1/s1. The van der Waals surface area contributed by atoms with Crippen molar-refractivity contribution < 1.29 is 12.8 Å². The first-order valence-electron chi connectivity index (χ1n) is 7.76. The topological polar surface area (TPSA) is 59.1 Å². The number of hydrogen-bond donors (Lipinski definition) is 1. The monoisotopic (exact) mass is 394 g/mol. The lowest BCUT2D eigenvalue weighted by Crippen LogP contribution is -2.26. The highest BCUT2D eigenvalue weighted by Gasteiger charge is 2.41. The van der Waals surface area contributed by atoms with Crippen molar-refractivity contribution in [2.45, 2.75) is 29.3 Å². The second kappa shape index (κ2) is 6.60. The molecule has 0 bridgehead atoms. The lowest BCUT2D eigenvalue weighted by Gasteiger charge is -2.04. The molecule has 4 rings (SSSR count). The van der Waals surface area contributed by atoms with Crippen LogP contribution in [-0.4, -0.2) is 18.8 Å². The molecule has 1 aliphatic rings. The number of sulfonamides is 1. The normalized spacial score (nSPS) is 19.9. The van der Waals surface area contributed by atoms with Crippen LogP contribution in [0.3, 0.4) is 0 Å². The molecule has 2 heterocycles. The van der Waals surface area contributed by atoms with Crippen LogP contribution >= 0.6 is 22.9 Å². The van der Waals surface area contributed by atoms with Crippen molar-refractivity contribution in [1.82, 2.24) is 9.10 Å². The number of hydrogen-bond acceptors (Lipinski definition) is 5. The molecule has 130 valence electrons. The number of nitrogens with one attached hydrogen (secondary N) is 1. The zero-order chi connectivity index (χ0) is 17.4. The van der Waals surface area contributed by atoms with Gasteiger partial charge in [0.2, 0.25) is 10.0 Å². The molecule has 0 unspecified atom stereocenters. The zero-order valence-electron chi connectivity index (χ0n) is 13.1. The molecule has 4 nitrogen and oxygen atoms in total. The number of aromatic nitrogens is 1. The largest absolute Gasteiger partial charge is 0.250 e. The van der Waals surface area contributed by atoms with Gasteiger partial charge in [0, 0.05) is 12.0 Å². The molecule has 2 aromatic heterocycles. The Labute approximate surface area is 153 Å². The van der Waals surface area contributed by atoms with Crippen LogP contribution < -0.4 is 4.72 Å². The van der Waals surface area contributed by atoms with E-state index in [2.05, 4.69) is 9.10 Å². The molecule has 8 heteroatoms. The summed E-state index contributed by atoms with van der Waals surface area (Å²) in [7, 11) is -3.55. The maximum absolute atomic E-state index is 12.6. The first-order valence-corrected chi connectivity index (χ1v) is 10.8. The van der Waals surface area contributed by atoms with Gasteiger partial charge >= 0.3 is 0 Å². The summed E-state index contributed by atoms with van der Waals surface area (Å²) in [6.07, 6.45) is 0.813. The van der Waals surface area contributed by atoms with E-state index >= 15 is 0 Å². The van der Waals surface area contributed by atoms with Crippen LogP contribution in [0.4, 0.5) is 4.39 Å². The van der Waals surface area contributed by atoms with Crippen molar-refractivity contribution in [3.63, 3.8) is 0 Å². The summed E-state index contributed by atoms with van der Waals surface area (Å²) in [5.41, 5.74) is 1.78. The molecule has 25 heavy (non-hydrogen) atoms. The molecule has 3 aromatic rings. The van der Waals surface area contributed by atoms with Gasteiger partial charge in [-0.15, -0.1) is 11.3 Å². The highest BCUT2D eigenvalue weighted by molar-refractivity contribution is 7.91. The summed E-state index contributed by atoms with van der Waals surface area (Å²) in [5, 5.41) is 0. The van der Waals surface area contributed by atoms with E-state index in [4.69, 9.17) is 0 Å². The Morgan fingerprint density at radius 3 is 2.72 bits per heavy atom. The van der Waals surface area contributed by atoms with Crippen LogP contribution in [0.25, 0.3) is 10.6 Å². The fourth-order valence-electron chi connectivity index (χ4n) is 2.75. The molecule has 1 aromatic carbocycles. The van der Waals surface area contributed by atoms with E-state index in [1.54, 1.807) is 18.2 Å². The third kappa shape index (κ3) is 3.52. The number of thiophene rings is 1. The Morgan fingerprint density at radius 1 is 1.20 bits per heavy atom. The maximum atomic E-state index is 12.6. The molecule has 0 aliphatic heterocycles. The van der Waals surface area contributed by atoms with Crippen molar-refractivity contribution in [2.24, 2.45) is 0 Å². The highest BCUT2D eigenvalue weighted by atomic mass is 32.2. The molecule has 0 amide bonds. The van der Waals surface area contributed by atoms with Gasteiger partial charge in [0.1, 0.15) is 10.9 Å². The molecule has 1 N–H and O–H groups in total. The minimum atomic E-state index is -3.55. The number of halogens is 1. The van der Waals surface area contributed by atoms with E-state index in [0.29, 0.717) is 10.6 Å². The smallest absolute Gasteiger partial charge is 0.245 e. The predicted octanol–water partition coefficient (Wildman–Crippen LogP) is 4.18. The molecular weight excluding hydrogens is 379 g/mol. The average Bonchev–Trinajstić information content (AvgIpc) is 3.05. The van der Waals surface area contributed by atoms with Crippen molar-refractivity contribution in [3.8, 4) is 10.6 Å². The number of benzene rings is 1. The van der Waals surface area contributed by atoms with E-state index < -0.39 is 16.7 Å². The van der Waals surface area contributed by atoms with Gasteiger partial charge in [-0.25, -0.2) is 17.5 Å². The minimum absolute atomic E-state index is 0.0598. The lowest BCUT2D eigenvalue weighted by molar-refractivity contribution is 0.491. The molecular formula is C17H15FN2O2S3. The first kappa shape index (κ1) is 16.8. The number of alkyl halides is 1. The highest BCUT2D eigenvalue weighted by Crippen LogP contribution is 2.42. The zero-order valence-corrected chi connectivity index (χ0v) is 15.5. The van der Waals surface area contributed by atoms with Crippen LogP contribution in [0.1, 0.15) is 22.8 Å². The van der Waals surface area contributed by atoms with E-state index in [9.17, 15) is 12.8 Å². The number of rotatable bonds is 6. The van der Waals surface area contributed by atoms with Crippen LogP contribution in [0.15, 0.2) is 52.7 Å². The molecule has 1 aliphatic carbocycles. The Morgan fingerprint density at radius 2 is 2.00 bits per heavy atom. The Kier molecular flexibility index (Phi) is 4.45. The third-order valence-corrected chi connectivity index (χ3v) is 7.95. The van der Waals surface area contributed by atoms with E-state index in [-0.39, 0.29) is 16.2 Å². The van der Waals surface area contributed by atoms with E-state index in [1.165, 1.54) is 0 Å². The number of nitrogens with zero attached hydrogens (tertiary/aromatic N) is 1. The van der Waals surface area contributed by atoms with Crippen molar-refractivity contribution in [2.75, 3.05) is 0 Å². The van der Waals surface area contributed by atoms with E-state index in [0.717, 1.165) is 39.7 Å². The molecule has 1 fully saturated rings. The van der Waals surface area contributed by atoms with Crippen LogP contribution in [0, 0.1) is 0 Å². The Balaban J connectivity index is 1.48. The summed E-state index contributed by atoms with van der Waals surface area (Å²) >= 11 is 2.25.